The van der Waals surface area contributed by atoms with Crippen LogP contribution in [0.5, 0.6) is 0 Å². The molecule has 1 aromatic heterocycles. The molecule has 21 fully saturated rings. The van der Waals surface area contributed by atoms with Gasteiger partial charge in [-0.25, -0.2) is 4.79 Å². The van der Waals surface area contributed by atoms with Crippen LogP contribution in [-0.2, 0) is 77.7 Å². The van der Waals surface area contributed by atoms with Crippen LogP contribution in [0.15, 0.2) is 15.8 Å². The number of nitrogens with zero attached hydrogens (tertiary/aromatic N) is 1. The molecule has 0 radical (unpaired) electrons. The number of rotatable bonds is 10. The second-order valence-corrected chi connectivity index (χ2v) is 22.5. The third-order valence-electron chi connectivity index (χ3n) is 16.6. The summed E-state index contributed by atoms with van der Waals surface area (Å²) in [7, 11) is 0. The van der Waals surface area contributed by atoms with Crippen molar-refractivity contribution in [3.63, 3.8) is 0 Å². The average molecular weight is 1300 g/mol. The largest absolute Gasteiger partial charge is 0.394 e. The van der Waals surface area contributed by atoms with Crippen LogP contribution < -0.4 is 16.6 Å². The van der Waals surface area contributed by atoms with Gasteiger partial charge in [-0.15, -0.1) is 0 Å². The van der Waals surface area contributed by atoms with Gasteiger partial charge in [0, 0.05) is 18.3 Å². The van der Waals surface area contributed by atoms with Crippen molar-refractivity contribution in [2.75, 3.05) is 46.2 Å². The first kappa shape index (κ1) is 70.1. The third-order valence-corrected chi connectivity index (χ3v) is 16.6. The van der Waals surface area contributed by atoms with Crippen LogP contribution in [0.25, 0.3) is 0 Å². The minimum atomic E-state index is -2.33. The molecule has 14 bridgehead atoms. The summed E-state index contributed by atoms with van der Waals surface area (Å²) >= 11 is 0. The molecule has 0 spiro atoms. The summed E-state index contributed by atoms with van der Waals surface area (Å²) in [6.07, 6.45) is -71.6. The molecular formula is C49H77N3O37. The van der Waals surface area contributed by atoms with E-state index in [1.165, 1.54) is 6.92 Å². The van der Waals surface area contributed by atoms with Crippen molar-refractivity contribution in [1.82, 2.24) is 14.9 Å². The minimum absolute atomic E-state index is 0.0348. The molecule has 40 heteroatoms. The molecule has 22 rings (SSSR count). The Balaban J connectivity index is 1.02. The van der Waals surface area contributed by atoms with Crippen LogP contribution in [0.1, 0.15) is 5.56 Å². The van der Waals surface area contributed by atoms with Gasteiger partial charge in [-0.1, -0.05) is 0 Å². The summed E-state index contributed by atoms with van der Waals surface area (Å²) in [5, 5.41) is 226. The Morgan fingerprint density at radius 2 is 0.584 bits per heavy atom. The Labute approximate surface area is 500 Å². The summed E-state index contributed by atoms with van der Waals surface area (Å²) in [6.45, 7) is -6.75. The number of carbonyl (C=O) groups is 1. The maximum absolute atomic E-state index is 13.4. The van der Waals surface area contributed by atoms with Crippen molar-refractivity contribution in [2.24, 2.45) is 0 Å². The van der Waals surface area contributed by atoms with Gasteiger partial charge in [0.25, 0.3) is 5.56 Å². The average Bonchev–Trinajstić information content (AvgIpc) is 2.23. The van der Waals surface area contributed by atoms with E-state index in [0.29, 0.717) is 0 Å². The first-order chi connectivity index (χ1) is 42.3. The number of aliphatic hydroxyl groups is 20. The predicted molar refractivity (Wildman–Crippen MR) is 270 cm³/mol. The first-order valence-corrected chi connectivity index (χ1v) is 28.2. The van der Waals surface area contributed by atoms with Crippen LogP contribution in [0, 0.1) is 6.92 Å². The zero-order valence-corrected chi connectivity index (χ0v) is 46.8. The van der Waals surface area contributed by atoms with E-state index in [0.717, 1.165) is 10.8 Å². The topological polar surface area (TPSA) is 618 Å². The Morgan fingerprint density at radius 3 is 0.809 bits per heavy atom. The van der Waals surface area contributed by atoms with E-state index >= 15 is 0 Å². The second-order valence-electron chi connectivity index (χ2n) is 22.5. The summed E-state index contributed by atoms with van der Waals surface area (Å²) in [5.74, 6) is -0.964. The first-order valence-electron chi connectivity index (χ1n) is 28.2. The number of H-pyrrole nitrogens is 1. The number of aryl methyl sites for hydroxylation is 1. The number of hydrogen-bond acceptors (Lipinski definition) is 37. The second kappa shape index (κ2) is 29.6. The van der Waals surface area contributed by atoms with Gasteiger partial charge in [0.1, 0.15) is 177 Å². The lowest BCUT2D eigenvalue weighted by molar-refractivity contribution is -0.396. The normalized spacial score (nSPS) is 49.4. The van der Waals surface area contributed by atoms with E-state index in [1.54, 1.807) is 0 Å². The molecule has 0 unspecified atom stereocenters. The molecule has 40 nitrogen and oxygen atoms in total. The van der Waals surface area contributed by atoms with Gasteiger partial charge in [0.05, 0.1) is 39.6 Å². The molecule has 0 aromatic carbocycles. The van der Waals surface area contributed by atoms with E-state index in [2.05, 4.69) is 5.32 Å². The quantitative estimate of drug-likeness (QED) is 0.103. The molecule has 89 heavy (non-hydrogen) atoms. The van der Waals surface area contributed by atoms with Crippen molar-refractivity contribution in [2.45, 2.75) is 228 Å². The van der Waals surface area contributed by atoms with Gasteiger partial charge in [-0.3, -0.25) is 19.1 Å². The van der Waals surface area contributed by atoms with Crippen LogP contribution in [0.3, 0.4) is 0 Å². The van der Waals surface area contributed by atoms with Crippen LogP contribution >= 0.6 is 0 Å². The lowest BCUT2D eigenvalue weighted by Gasteiger charge is -2.50. The fourth-order valence-electron chi connectivity index (χ4n) is 11.6. The van der Waals surface area contributed by atoms with Crippen molar-refractivity contribution in [3.8, 4) is 0 Å². The standard InChI is InChI=1S/C49H77N3O37/c1-11-3-52(49(75)51-41(11)74)4-19(59)50-2-12-34-20(60)27(67)42(76-12)84-35-13(5-53)78-44(29(69)22(35)62)86-37-15(7-55)80-46(31(71)24(37)64)88-39-17(9-57)82-48(33(73)26(39)66)89-40-18(10-58)81-47(32(72)25(40)65)87-38-16(8-56)79-45(30(70)23(38)63)85-36-14(6-54)77-43(83-34)28(68)21(36)61/h3,12-18,20-40,42-48,53-58,60-73H,2,4-10H2,1H3,(H,50,59)(H,51,74,75)/t12-,13+,14-,15+,16-,17+,18-,20+,21+,22-,23+,24+,25+,26+,27+,28+,29-,30+,31-,32+,33+,34+,35+,36+,37+,38+,39+,40+,42+,43+,44+,45+,46+,47+,48+/m0/s1. The van der Waals surface area contributed by atoms with E-state index in [4.69, 9.17) is 66.3 Å². The van der Waals surface area contributed by atoms with Crippen molar-refractivity contribution >= 4 is 5.91 Å². The Bertz CT molecular complexity index is 2560. The van der Waals surface area contributed by atoms with E-state index in [9.17, 15) is 117 Å². The van der Waals surface area contributed by atoms with E-state index < -0.39 is 285 Å². The number of nitrogens with one attached hydrogen (secondary N) is 2. The maximum atomic E-state index is 13.4. The minimum Gasteiger partial charge on any atom is -0.394 e. The van der Waals surface area contributed by atoms with Crippen molar-refractivity contribution in [1.29, 1.82) is 0 Å². The monoisotopic (exact) mass is 1300 g/mol. The SMILES string of the molecule is Cc1cn(CC(=O)NC[C@@H]2O[C@@H]3O[C@H]4[C@@H](O)[C@H](O)[C@@H](O[C@H]5[C@H](O)[C@H](O)[C@@H](O[C@H]6[C@H](O)[C@@H](O)[C@@H](O[C@H]7[C@H](O)[C@@H](O)[C@@H](O[C@H]8[C@H](O)[C@@H](O)[C@@H](O[C@H]9[C@H](O)[C@@H](O)[C@@H](O[C@H]2[C@H](O)[C@H]3O)O[C@H]9CO)O[C@H]8CO)O[C@H]7CO)O[C@@H]6CO)O[C@@H]5CO)O[C@@H]4CO)c(=O)[nH]c1=O. The molecule has 0 saturated carbocycles. The highest BCUT2D eigenvalue weighted by atomic mass is 16.8. The number of aromatic amines is 1. The van der Waals surface area contributed by atoms with Gasteiger partial charge in [-0.2, -0.15) is 0 Å². The lowest BCUT2D eigenvalue weighted by Crippen LogP contribution is -2.68. The van der Waals surface area contributed by atoms with Gasteiger partial charge in [0.15, 0.2) is 44.0 Å². The molecule has 21 saturated heterocycles. The molecule has 1 aromatic rings. The number of aliphatic hydroxyl groups excluding tert-OH is 20. The zero-order valence-electron chi connectivity index (χ0n) is 46.8. The van der Waals surface area contributed by atoms with Gasteiger partial charge in [0.2, 0.25) is 5.91 Å². The Kier molecular flexibility index (Phi) is 23.3. The molecule has 1 amide bonds. The van der Waals surface area contributed by atoms with E-state index in [1.807, 2.05) is 4.98 Å². The van der Waals surface area contributed by atoms with Crippen molar-refractivity contribution < 1.29 is 173 Å². The number of carbonyl (C=O) groups excluding carboxylic acids is 1. The van der Waals surface area contributed by atoms with E-state index in [-0.39, 0.29) is 5.56 Å². The van der Waals surface area contributed by atoms with Gasteiger partial charge < -0.3 is 174 Å². The number of hydrogen-bond donors (Lipinski definition) is 22. The third kappa shape index (κ3) is 14.3. The molecule has 35 atom stereocenters. The Morgan fingerprint density at radius 1 is 0.371 bits per heavy atom. The van der Waals surface area contributed by atoms with Crippen LogP contribution in [0.2, 0.25) is 0 Å². The molecular weight excluding hydrogens is 1220 g/mol. The highest BCUT2D eigenvalue weighted by molar-refractivity contribution is 5.75. The van der Waals surface area contributed by atoms with Gasteiger partial charge in [-0.05, 0) is 6.92 Å². The molecule has 21 aliphatic rings. The maximum Gasteiger partial charge on any atom is 0.328 e. The highest BCUT2D eigenvalue weighted by Gasteiger charge is 2.59. The molecule has 22 N–H and O–H groups in total. The summed E-state index contributed by atoms with van der Waals surface area (Å²) < 4.78 is 81.5. The van der Waals surface area contributed by atoms with Crippen LogP contribution in [0.4, 0.5) is 0 Å². The number of amides is 1. The fourth-order valence-corrected chi connectivity index (χ4v) is 11.6. The van der Waals surface area contributed by atoms with Crippen LogP contribution in [-0.4, -0.2) is 379 Å². The Hall–Kier alpha value is -3.21. The number of aromatic nitrogens is 2. The summed E-state index contributed by atoms with van der Waals surface area (Å²) in [6, 6.07) is 0. The molecule has 22 heterocycles. The smallest absolute Gasteiger partial charge is 0.328 e. The molecule has 0 aliphatic carbocycles. The van der Waals surface area contributed by atoms with Gasteiger partial charge >= 0.3 is 5.69 Å². The zero-order chi connectivity index (χ0) is 64.8. The molecule has 510 valence electrons. The molecule has 21 aliphatic heterocycles. The number of ether oxygens (including phenoxy) is 14. The van der Waals surface area contributed by atoms with Crippen molar-refractivity contribution in [3.05, 3.63) is 32.6 Å². The highest BCUT2D eigenvalue weighted by Crippen LogP contribution is 2.39. The summed E-state index contributed by atoms with van der Waals surface area (Å²) in [5.41, 5.74) is -1.71. The fraction of sp³-hybridized carbons (Fsp3) is 0.898. The lowest BCUT2D eigenvalue weighted by atomic mass is 9.95. The predicted octanol–water partition coefficient (Wildman–Crippen LogP) is -16.2. The summed E-state index contributed by atoms with van der Waals surface area (Å²) in [4.78, 5) is 39.9.